The molecule has 0 radical (unpaired) electrons. The fraction of sp³-hybridized carbons (Fsp3) is 0.519. The van der Waals surface area contributed by atoms with Crippen molar-refractivity contribution < 1.29 is 23.8 Å². The Balaban J connectivity index is 1.44. The fourth-order valence-electron chi connectivity index (χ4n) is 5.19. The average Bonchev–Trinajstić information content (AvgIpc) is 3.59. The molecule has 1 aromatic heterocycles. The van der Waals surface area contributed by atoms with E-state index in [1.165, 1.54) is 22.3 Å². The van der Waals surface area contributed by atoms with E-state index in [-0.39, 0.29) is 18.4 Å². The van der Waals surface area contributed by atoms with E-state index in [0.717, 1.165) is 29.7 Å². The Morgan fingerprint density at radius 2 is 2.05 bits per heavy atom. The number of aliphatic hydroxyl groups excluding tert-OH is 1. The smallest absolute Gasteiger partial charge is 0.411 e. The molecule has 1 saturated carbocycles. The van der Waals surface area contributed by atoms with Crippen molar-refractivity contribution in [3.8, 4) is 17.2 Å². The normalized spacial score (nSPS) is 22.4. The number of carbonyl (C=O) groups excluding carboxylic acids is 2. The number of rotatable bonds is 7. The summed E-state index contributed by atoms with van der Waals surface area (Å²) in [6.45, 7) is 5.34. The van der Waals surface area contributed by atoms with E-state index in [0.29, 0.717) is 11.1 Å². The van der Waals surface area contributed by atoms with Gasteiger partial charge in [0.1, 0.15) is 29.7 Å². The molecule has 198 valence electrons. The maximum absolute atomic E-state index is 15.0. The Morgan fingerprint density at radius 3 is 2.70 bits per heavy atom. The van der Waals surface area contributed by atoms with Crippen LogP contribution in [0.4, 0.5) is 9.18 Å². The molecule has 2 bridgehead atoms. The van der Waals surface area contributed by atoms with Crippen LogP contribution >= 0.6 is 11.3 Å². The van der Waals surface area contributed by atoms with Crippen molar-refractivity contribution >= 4 is 23.3 Å². The van der Waals surface area contributed by atoms with E-state index in [2.05, 4.69) is 16.7 Å². The second-order valence-corrected chi connectivity index (χ2v) is 11.6. The standard InChI is InChI=1S/C27H33FN4O4S/c1-27(2,3)36-26(35)32-20-8-7-17(10-20)23(32)25(34)31-19(13-29)9-16-6-5-15(11-21(16)28)18-12-22(37-14-18)24(33)30-4/h5-6,11-12,14,17,19-20,23-24,30,33H,7-10H2,1-4H3,(H,31,34)/t17-,19-,20+,23-,24?/m0/s1. The molecule has 1 saturated heterocycles. The molecule has 5 atom stereocenters. The van der Waals surface area contributed by atoms with Gasteiger partial charge < -0.3 is 15.2 Å². The first kappa shape index (κ1) is 27.0. The Hall–Kier alpha value is -3.00. The van der Waals surface area contributed by atoms with E-state index in [1.54, 1.807) is 46.0 Å². The van der Waals surface area contributed by atoms with Gasteiger partial charge in [-0.25, -0.2) is 9.18 Å². The molecule has 1 unspecified atom stereocenters. The van der Waals surface area contributed by atoms with Crippen LogP contribution in [0.5, 0.6) is 0 Å². The molecule has 4 rings (SSSR count). The van der Waals surface area contributed by atoms with E-state index in [4.69, 9.17) is 4.74 Å². The van der Waals surface area contributed by atoms with Crippen molar-refractivity contribution in [1.29, 1.82) is 5.26 Å². The van der Waals surface area contributed by atoms with Gasteiger partial charge in [0.15, 0.2) is 0 Å². The van der Waals surface area contributed by atoms with E-state index >= 15 is 4.39 Å². The highest BCUT2D eigenvalue weighted by molar-refractivity contribution is 7.10. The fourth-order valence-corrected chi connectivity index (χ4v) is 6.10. The number of aliphatic hydroxyl groups is 1. The number of nitriles is 1. The van der Waals surface area contributed by atoms with Gasteiger partial charge in [-0.2, -0.15) is 5.26 Å². The number of likely N-dealkylation sites (tertiary alicyclic amines) is 1. The predicted molar refractivity (Wildman–Crippen MR) is 138 cm³/mol. The highest BCUT2D eigenvalue weighted by atomic mass is 32.1. The van der Waals surface area contributed by atoms with Crippen molar-refractivity contribution in [2.24, 2.45) is 5.92 Å². The zero-order valence-electron chi connectivity index (χ0n) is 21.5. The SMILES string of the molecule is CNC(O)c1cc(-c2ccc(C[C@@H](C#N)NC(=O)[C@@H]3[C@H]4CC[C@H](C4)N3C(=O)OC(C)(C)C)c(F)c2)cs1. The first-order chi connectivity index (χ1) is 17.5. The largest absolute Gasteiger partial charge is 0.444 e. The highest BCUT2D eigenvalue weighted by Crippen LogP contribution is 2.43. The van der Waals surface area contributed by atoms with Gasteiger partial charge in [0, 0.05) is 17.3 Å². The van der Waals surface area contributed by atoms with Crippen molar-refractivity contribution in [1.82, 2.24) is 15.5 Å². The number of amides is 2. The number of halogens is 1. The van der Waals surface area contributed by atoms with Gasteiger partial charge in [0.2, 0.25) is 5.91 Å². The first-order valence-corrected chi connectivity index (χ1v) is 13.3. The Bertz CT molecular complexity index is 1200. The molecule has 2 heterocycles. The first-order valence-electron chi connectivity index (χ1n) is 12.4. The summed E-state index contributed by atoms with van der Waals surface area (Å²) in [5, 5.41) is 27.0. The lowest BCUT2D eigenvalue weighted by molar-refractivity contribution is -0.128. The molecule has 1 aliphatic carbocycles. The Labute approximate surface area is 220 Å². The number of thiophene rings is 1. The number of piperidine rings is 1. The third kappa shape index (κ3) is 5.95. The quantitative estimate of drug-likeness (QED) is 0.466. The Morgan fingerprint density at radius 1 is 1.30 bits per heavy atom. The van der Waals surface area contributed by atoms with Gasteiger partial charge in [0.05, 0.1) is 6.07 Å². The summed E-state index contributed by atoms with van der Waals surface area (Å²) in [6.07, 6.45) is 1.09. The number of hydrogen-bond acceptors (Lipinski definition) is 7. The number of hydrogen-bond donors (Lipinski definition) is 3. The molecule has 8 nitrogen and oxygen atoms in total. The van der Waals surface area contributed by atoms with Crippen LogP contribution in [0.1, 0.15) is 56.7 Å². The second kappa shape index (κ2) is 10.8. The molecule has 37 heavy (non-hydrogen) atoms. The van der Waals surface area contributed by atoms with Crippen LogP contribution in [0, 0.1) is 23.1 Å². The van der Waals surface area contributed by atoms with E-state index in [9.17, 15) is 20.0 Å². The van der Waals surface area contributed by atoms with Gasteiger partial charge in [-0.15, -0.1) is 11.3 Å². The molecule has 1 aliphatic heterocycles. The molecule has 2 aromatic rings. The molecule has 2 aliphatic rings. The summed E-state index contributed by atoms with van der Waals surface area (Å²) in [5.41, 5.74) is 1.05. The minimum absolute atomic E-state index is 0.00500. The number of nitrogens with zero attached hydrogens (tertiary/aromatic N) is 2. The van der Waals surface area contributed by atoms with E-state index in [1.807, 2.05) is 5.38 Å². The number of carbonyl (C=O) groups is 2. The lowest BCUT2D eigenvalue weighted by Crippen LogP contribution is -2.55. The highest BCUT2D eigenvalue weighted by Gasteiger charge is 2.52. The van der Waals surface area contributed by atoms with Gasteiger partial charge in [-0.1, -0.05) is 12.1 Å². The predicted octanol–water partition coefficient (Wildman–Crippen LogP) is 4.10. The minimum Gasteiger partial charge on any atom is -0.444 e. The average molecular weight is 529 g/mol. The summed E-state index contributed by atoms with van der Waals surface area (Å²) in [4.78, 5) is 28.3. The van der Waals surface area contributed by atoms with Crippen molar-refractivity contribution in [3.05, 3.63) is 45.9 Å². The molecule has 3 N–H and O–H groups in total. The molecular weight excluding hydrogens is 495 g/mol. The maximum atomic E-state index is 15.0. The Kier molecular flexibility index (Phi) is 7.88. The molecule has 1 aromatic carbocycles. The summed E-state index contributed by atoms with van der Waals surface area (Å²) in [7, 11) is 1.65. The summed E-state index contributed by atoms with van der Waals surface area (Å²) >= 11 is 1.37. The summed E-state index contributed by atoms with van der Waals surface area (Å²) < 4.78 is 20.5. The summed E-state index contributed by atoms with van der Waals surface area (Å²) in [5.74, 6) is -0.871. The zero-order valence-corrected chi connectivity index (χ0v) is 22.3. The monoisotopic (exact) mass is 528 g/mol. The lowest BCUT2D eigenvalue weighted by atomic mass is 9.97. The van der Waals surface area contributed by atoms with Crippen molar-refractivity contribution in [2.45, 2.75) is 76.4 Å². The number of ether oxygens (including phenoxy) is 1. The van der Waals surface area contributed by atoms with Crippen LogP contribution in [0.15, 0.2) is 29.6 Å². The maximum Gasteiger partial charge on any atom is 0.411 e. The van der Waals surface area contributed by atoms with Crippen LogP contribution in [0.25, 0.3) is 11.1 Å². The third-order valence-electron chi connectivity index (χ3n) is 6.90. The number of fused-ring (bicyclic) bond motifs is 2. The second-order valence-electron chi connectivity index (χ2n) is 10.7. The minimum atomic E-state index is -0.953. The molecule has 2 amide bonds. The molecule has 0 spiro atoms. The number of benzene rings is 1. The van der Waals surface area contributed by atoms with E-state index < -0.39 is 41.7 Å². The van der Waals surface area contributed by atoms with Gasteiger partial charge >= 0.3 is 6.09 Å². The van der Waals surface area contributed by atoms with Crippen LogP contribution in [-0.2, 0) is 16.0 Å². The molecular formula is C27H33FN4O4S. The van der Waals surface area contributed by atoms with Crippen LogP contribution < -0.4 is 10.6 Å². The summed E-state index contributed by atoms with van der Waals surface area (Å²) in [6, 6.07) is 6.92. The topological polar surface area (TPSA) is 115 Å². The number of nitrogens with one attached hydrogen (secondary N) is 2. The van der Waals surface area contributed by atoms with Gasteiger partial charge in [0.25, 0.3) is 0 Å². The van der Waals surface area contributed by atoms with Crippen LogP contribution in [0.2, 0.25) is 0 Å². The lowest BCUT2D eigenvalue weighted by Gasteiger charge is -2.35. The van der Waals surface area contributed by atoms with Gasteiger partial charge in [-0.05, 0) is 87.2 Å². The molecule has 10 heteroatoms. The van der Waals surface area contributed by atoms with Crippen molar-refractivity contribution in [3.63, 3.8) is 0 Å². The molecule has 2 fully saturated rings. The van der Waals surface area contributed by atoms with Crippen LogP contribution in [-0.4, -0.2) is 52.8 Å². The van der Waals surface area contributed by atoms with Crippen molar-refractivity contribution in [2.75, 3.05) is 7.05 Å². The third-order valence-corrected chi connectivity index (χ3v) is 7.89. The van der Waals surface area contributed by atoms with Gasteiger partial charge in [-0.3, -0.25) is 15.0 Å². The zero-order chi connectivity index (χ0) is 26.9. The van der Waals surface area contributed by atoms with Crippen LogP contribution in [0.3, 0.4) is 0 Å².